The van der Waals surface area contributed by atoms with Crippen LogP contribution < -0.4 is 16.0 Å². The first-order valence-electron chi connectivity index (χ1n) is 12.5. The maximum absolute atomic E-state index is 14.3. The van der Waals surface area contributed by atoms with Crippen LogP contribution >= 0.6 is 0 Å². The van der Waals surface area contributed by atoms with Gasteiger partial charge in [0.2, 0.25) is 5.91 Å². The molecular weight excluding hydrogens is 443 g/mol. The number of carbonyl (C=O) groups excluding carboxylic acids is 1. The summed E-state index contributed by atoms with van der Waals surface area (Å²) in [5.41, 5.74) is 8.39. The lowest BCUT2D eigenvalue weighted by Crippen LogP contribution is -2.57. The van der Waals surface area contributed by atoms with Crippen LogP contribution in [0.1, 0.15) is 29.9 Å². The lowest BCUT2D eigenvalue weighted by atomic mass is 9.85. The number of amides is 1. The van der Waals surface area contributed by atoms with Crippen molar-refractivity contribution in [3.63, 3.8) is 0 Å². The van der Waals surface area contributed by atoms with Crippen molar-refractivity contribution in [1.29, 1.82) is 0 Å². The second-order valence-corrected chi connectivity index (χ2v) is 10.1. The van der Waals surface area contributed by atoms with Gasteiger partial charge in [0.05, 0.1) is 6.10 Å². The van der Waals surface area contributed by atoms with E-state index >= 15 is 0 Å². The molecule has 1 aliphatic carbocycles. The third kappa shape index (κ3) is 3.44. The fraction of sp³-hybridized carbons (Fsp3) is 0.393. The van der Waals surface area contributed by atoms with Gasteiger partial charge in [-0.05, 0) is 78.5 Å². The largest absolute Gasteiger partial charge is 0.390 e. The van der Waals surface area contributed by atoms with Gasteiger partial charge < -0.3 is 26.0 Å². The van der Waals surface area contributed by atoms with Crippen LogP contribution in [0.2, 0.25) is 0 Å². The summed E-state index contributed by atoms with van der Waals surface area (Å²) in [7, 11) is 0. The number of nitrogens with one attached hydrogen (secondary N) is 1. The van der Waals surface area contributed by atoms with Gasteiger partial charge >= 0.3 is 0 Å². The topological polar surface area (TPSA) is 81.8 Å². The maximum Gasteiger partial charge on any atom is 0.250 e. The standard InChI is InChI=1S/C28H31FN4O2/c29-20-7-9-21(10-8-20)33-26(24-15-19-5-1-3-18-4-2-6-23(24)25(18)19)32(17-22(34)16-30)27(35)28(33)11-13-31-14-12-28/h1-10,22,24,26,31,34H,11-17,30H2/t22-,24?,26?/m0/s1. The summed E-state index contributed by atoms with van der Waals surface area (Å²) in [4.78, 5) is 18.4. The second kappa shape index (κ2) is 8.59. The first kappa shape index (κ1) is 22.5. The molecular formula is C28H31FN4O2. The van der Waals surface area contributed by atoms with E-state index in [0.717, 1.165) is 25.2 Å². The van der Waals surface area contributed by atoms with Gasteiger partial charge in [-0.2, -0.15) is 0 Å². The molecule has 0 bridgehead atoms. The summed E-state index contributed by atoms with van der Waals surface area (Å²) in [6.45, 7) is 1.71. The van der Waals surface area contributed by atoms with Gasteiger partial charge in [-0.15, -0.1) is 0 Å². The van der Waals surface area contributed by atoms with Crippen molar-refractivity contribution in [1.82, 2.24) is 10.2 Å². The number of anilines is 1. The van der Waals surface area contributed by atoms with E-state index < -0.39 is 11.6 Å². The van der Waals surface area contributed by atoms with Crippen LogP contribution in [0.15, 0.2) is 60.7 Å². The highest BCUT2D eigenvalue weighted by atomic mass is 19.1. The molecule has 2 aliphatic heterocycles. The zero-order valence-electron chi connectivity index (χ0n) is 19.7. The van der Waals surface area contributed by atoms with Crippen molar-refractivity contribution in [2.24, 2.45) is 5.73 Å². The van der Waals surface area contributed by atoms with Crippen LogP contribution in [0.4, 0.5) is 10.1 Å². The molecule has 3 aromatic rings. The Morgan fingerprint density at radius 2 is 1.80 bits per heavy atom. The van der Waals surface area contributed by atoms with E-state index in [4.69, 9.17) is 5.73 Å². The lowest BCUT2D eigenvalue weighted by Gasteiger charge is -2.44. The van der Waals surface area contributed by atoms with E-state index in [-0.39, 0.29) is 36.9 Å². The van der Waals surface area contributed by atoms with Crippen LogP contribution in [0, 0.1) is 5.82 Å². The molecule has 182 valence electrons. The molecule has 2 heterocycles. The highest BCUT2D eigenvalue weighted by molar-refractivity contribution is 5.96. The number of carbonyl (C=O) groups is 1. The minimum atomic E-state index is -0.812. The van der Waals surface area contributed by atoms with Crippen molar-refractivity contribution >= 4 is 22.4 Å². The highest BCUT2D eigenvalue weighted by Gasteiger charge is 2.60. The average molecular weight is 475 g/mol. The number of nitrogens with two attached hydrogens (primary N) is 1. The Morgan fingerprint density at radius 1 is 1.09 bits per heavy atom. The number of benzene rings is 3. The fourth-order valence-electron chi connectivity index (χ4n) is 6.61. The van der Waals surface area contributed by atoms with Crippen molar-refractivity contribution in [2.75, 3.05) is 31.1 Å². The van der Waals surface area contributed by atoms with Gasteiger partial charge in [0.25, 0.3) is 0 Å². The monoisotopic (exact) mass is 474 g/mol. The van der Waals surface area contributed by atoms with Crippen LogP contribution in [-0.4, -0.2) is 59.9 Å². The number of nitrogens with zero attached hydrogens (tertiary/aromatic N) is 2. The van der Waals surface area contributed by atoms with Crippen molar-refractivity contribution in [3.05, 3.63) is 77.6 Å². The molecule has 6 rings (SSSR count). The molecule has 2 fully saturated rings. The Labute approximate surface area is 204 Å². The van der Waals surface area contributed by atoms with E-state index in [0.29, 0.717) is 12.8 Å². The predicted molar refractivity (Wildman–Crippen MR) is 135 cm³/mol. The van der Waals surface area contributed by atoms with E-state index in [1.807, 2.05) is 4.90 Å². The minimum absolute atomic E-state index is 0.0179. The normalized spacial score (nSPS) is 24.0. The summed E-state index contributed by atoms with van der Waals surface area (Å²) in [5, 5.41) is 16.5. The Balaban J connectivity index is 1.54. The van der Waals surface area contributed by atoms with Gasteiger partial charge in [-0.25, -0.2) is 4.39 Å². The van der Waals surface area contributed by atoms with Crippen molar-refractivity contribution in [3.8, 4) is 0 Å². The van der Waals surface area contributed by atoms with E-state index in [9.17, 15) is 14.3 Å². The average Bonchev–Trinajstić information content (AvgIpc) is 3.36. The first-order valence-corrected chi connectivity index (χ1v) is 12.5. The Morgan fingerprint density at radius 3 is 2.51 bits per heavy atom. The molecule has 6 nitrogen and oxygen atoms in total. The first-order chi connectivity index (χ1) is 17.0. The Hall–Kier alpha value is -3.00. The van der Waals surface area contributed by atoms with Gasteiger partial charge in [-0.3, -0.25) is 4.79 Å². The second-order valence-electron chi connectivity index (χ2n) is 10.1. The number of β-amino-alcohol motifs (C(OH)–C–C–N with tert-alkyl or cyclic N) is 1. The maximum atomic E-state index is 14.3. The summed E-state index contributed by atoms with van der Waals surface area (Å²) in [5.74, 6) is -0.253. The van der Waals surface area contributed by atoms with E-state index in [1.165, 1.54) is 34.0 Å². The van der Waals surface area contributed by atoms with Gasteiger partial charge in [0.15, 0.2) is 0 Å². The summed E-state index contributed by atoms with van der Waals surface area (Å²) < 4.78 is 14.0. The molecule has 0 aromatic heterocycles. The molecule has 0 radical (unpaired) electrons. The molecule has 4 N–H and O–H groups in total. The number of piperidine rings is 1. The molecule has 35 heavy (non-hydrogen) atoms. The number of halogens is 1. The summed E-state index contributed by atoms with van der Waals surface area (Å²) >= 11 is 0. The summed E-state index contributed by atoms with van der Waals surface area (Å²) in [6, 6.07) is 19.3. The number of aliphatic hydroxyl groups excluding tert-OH is 1. The third-order valence-corrected chi connectivity index (χ3v) is 8.14. The van der Waals surface area contributed by atoms with Crippen LogP contribution in [-0.2, 0) is 11.2 Å². The predicted octanol–water partition coefficient (Wildman–Crippen LogP) is 2.74. The third-order valence-electron chi connectivity index (χ3n) is 8.14. The zero-order valence-corrected chi connectivity index (χ0v) is 19.7. The highest BCUT2D eigenvalue weighted by Crippen LogP contribution is 2.50. The lowest BCUT2D eigenvalue weighted by molar-refractivity contribution is -0.135. The van der Waals surface area contributed by atoms with Crippen molar-refractivity contribution in [2.45, 2.75) is 43.0 Å². The van der Waals surface area contributed by atoms with Crippen LogP contribution in [0.25, 0.3) is 10.8 Å². The zero-order chi connectivity index (χ0) is 24.2. The SMILES string of the molecule is NC[C@H](O)CN1C(=O)C2(CCNCC2)N(c2ccc(F)cc2)C1C1Cc2cccc3cccc1c23. The minimum Gasteiger partial charge on any atom is -0.390 e. The number of aliphatic hydroxyl groups is 1. The van der Waals surface area contributed by atoms with Gasteiger partial charge in [0.1, 0.15) is 17.5 Å². The molecule has 3 aliphatic rings. The molecule has 1 amide bonds. The number of hydrogen-bond acceptors (Lipinski definition) is 5. The Bertz CT molecular complexity index is 1250. The molecule has 0 saturated carbocycles. The summed E-state index contributed by atoms with van der Waals surface area (Å²) in [6.07, 6.45) is 0.978. The van der Waals surface area contributed by atoms with Gasteiger partial charge in [-0.1, -0.05) is 36.4 Å². The number of rotatable bonds is 5. The van der Waals surface area contributed by atoms with E-state index in [1.54, 1.807) is 12.1 Å². The van der Waals surface area contributed by atoms with Gasteiger partial charge in [0, 0.05) is 24.7 Å². The molecule has 3 atom stereocenters. The molecule has 7 heteroatoms. The molecule has 1 spiro atoms. The smallest absolute Gasteiger partial charge is 0.250 e. The van der Waals surface area contributed by atoms with E-state index in [2.05, 4.69) is 46.6 Å². The van der Waals surface area contributed by atoms with Crippen LogP contribution in [0.3, 0.4) is 0 Å². The van der Waals surface area contributed by atoms with Crippen LogP contribution in [0.5, 0.6) is 0 Å². The molecule has 2 unspecified atom stereocenters. The molecule has 3 aromatic carbocycles. The fourth-order valence-corrected chi connectivity index (χ4v) is 6.61. The Kier molecular flexibility index (Phi) is 5.51. The molecule has 2 saturated heterocycles. The van der Waals surface area contributed by atoms with Crippen molar-refractivity contribution < 1.29 is 14.3 Å². The number of hydrogen-bond donors (Lipinski definition) is 3. The quantitative estimate of drug-likeness (QED) is 0.530.